The van der Waals surface area contributed by atoms with Gasteiger partial charge in [-0.25, -0.2) is 18.1 Å². The first-order valence-electron chi connectivity index (χ1n) is 5.40. The number of nitrogens with zero attached hydrogens (tertiary/aromatic N) is 3. The summed E-state index contributed by atoms with van der Waals surface area (Å²) >= 11 is 0.936. The lowest BCUT2D eigenvalue weighted by molar-refractivity contribution is 0.375. The Kier molecular flexibility index (Phi) is 3.83. The molecule has 2 aromatic heterocycles. The average Bonchev–Trinajstić information content (AvgIpc) is 2.85. The molecule has 0 aliphatic carbocycles. The van der Waals surface area contributed by atoms with Gasteiger partial charge in [-0.05, 0) is 13.8 Å². The summed E-state index contributed by atoms with van der Waals surface area (Å²) in [6, 6.07) is 0. The molecule has 19 heavy (non-hydrogen) atoms. The molecule has 2 rings (SSSR count). The summed E-state index contributed by atoms with van der Waals surface area (Å²) in [5.41, 5.74) is 5.87. The number of anilines is 1. The Morgan fingerprint density at radius 3 is 2.63 bits per heavy atom. The van der Waals surface area contributed by atoms with Gasteiger partial charge in [0.05, 0.1) is 5.69 Å². The van der Waals surface area contributed by atoms with E-state index in [1.165, 1.54) is 0 Å². The number of hydrogen-bond acceptors (Lipinski definition) is 8. The Morgan fingerprint density at radius 1 is 1.37 bits per heavy atom. The number of nitrogens with two attached hydrogens (primary N) is 1. The second kappa shape index (κ2) is 5.23. The summed E-state index contributed by atoms with van der Waals surface area (Å²) in [7, 11) is -3.60. The molecule has 0 bridgehead atoms. The van der Waals surface area contributed by atoms with Crippen LogP contribution in [0, 0.1) is 13.8 Å². The first kappa shape index (κ1) is 13.9. The quantitative estimate of drug-likeness (QED) is 0.811. The standard InChI is InChI=1S/C9H13N5O3S2/c1-5-8(18-9(10)12-5)19(15,16)11-4-3-7-13-6(2)14-17-7/h11H,3-4H2,1-2H3,(H2,10,12). The van der Waals surface area contributed by atoms with Crippen molar-refractivity contribution in [3.05, 3.63) is 17.4 Å². The third-order valence-corrected chi connectivity index (χ3v) is 5.27. The van der Waals surface area contributed by atoms with E-state index in [0.29, 0.717) is 23.8 Å². The molecule has 0 aliphatic heterocycles. The minimum atomic E-state index is -3.60. The van der Waals surface area contributed by atoms with Crippen molar-refractivity contribution in [3.8, 4) is 0 Å². The number of sulfonamides is 1. The first-order chi connectivity index (χ1) is 8.88. The molecule has 8 nitrogen and oxygen atoms in total. The zero-order valence-corrected chi connectivity index (χ0v) is 12.0. The number of aromatic nitrogens is 3. The van der Waals surface area contributed by atoms with Crippen molar-refractivity contribution in [1.82, 2.24) is 19.8 Å². The molecule has 3 N–H and O–H groups in total. The zero-order valence-electron chi connectivity index (χ0n) is 10.4. The molecule has 0 radical (unpaired) electrons. The maximum atomic E-state index is 12.0. The lowest BCUT2D eigenvalue weighted by Gasteiger charge is -2.03. The summed E-state index contributed by atoms with van der Waals surface area (Å²) in [6.07, 6.45) is 0.327. The number of nitrogen functional groups attached to an aromatic ring is 1. The number of rotatable bonds is 5. The van der Waals surface area contributed by atoms with Crippen LogP contribution in [-0.4, -0.2) is 30.1 Å². The van der Waals surface area contributed by atoms with E-state index in [-0.39, 0.29) is 15.9 Å². The van der Waals surface area contributed by atoms with Gasteiger partial charge >= 0.3 is 0 Å². The molecule has 2 heterocycles. The molecule has 0 atom stereocenters. The van der Waals surface area contributed by atoms with Crippen molar-refractivity contribution in [3.63, 3.8) is 0 Å². The van der Waals surface area contributed by atoms with Gasteiger partial charge in [-0.15, -0.1) is 0 Å². The van der Waals surface area contributed by atoms with E-state index in [4.69, 9.17) is 10.3 Å². The van der Waals surface area contributed by atoms with Crippen molar-refractivity contribution in [2.75, 3.05) is 12.3 Å². The number of aryl methyl sites for hydroxylation is 2. The van der Waals surface area contributed by atoms with Crippen LogP contribution >= 0.6 is 11.3 Å². The minimum Gasteiger partial charge on any atom is -0.375 e. The normalized spacial score (nSPS) is 11.9. The number of thiazole rings is 1. The molecule has 104 valence electrons. The Hall–Kier alpha value is -1.52. The maximum absolute atomic E-state index is 12.0. The lowest BCUT2D eigenvalue weighted by Crippen LogP contribution is -2.26. The average molecular weight is 303 g/mol. The van der Waals surface area contributed by atoms with E-state index < -0.39 is 10.0 Å². The van der Waals surface area contributed by atoms with E-state index in [1.54, 1.807) is 13.8 Å². The molecule has 0 unspecified atom stereocenters. The summed E-state index contributed by atoms with van der Waals surface area (Å²) in [5, 5.41) is 3.85. The molecule has 0 aliphatic rings. The van der Waals surface area contributed by atoms with Crippen molar-refractivity contribution < 1.29 is 12.9 Å². The van der Waals surface area contributed by atoms with Crippen LogP contribution < -0.4 is 10.5 Å². The van der Waals surface area contributed by atoms with Gasteiger partial charge < -0.3 is 10.3 Å². The largest absolute Gasteiger partial charge is 0.375 e. The molecule has 10 heteroatoms. The van der Waals surface area contributed by atoms with Crippen molar-refractivity contribution in [1.29, 1.82) is 0 Å². The maximum Gasteiger partial charge on any atom is 0.252 e. The molecular formula is C9H13N5O3S2. The number of nitrogens with one attached hydrogen (secondary N) is 1. The van der Waals surface area contributed by atoms with Crippen LogP contribution in [-0.2, 0) is 16.4 Å². The van der Waals surface area contributed by atoms with Gasteiger partial charge in [0, 0.05) is 13.0 Å². The summed E-state index contributed by atoms with van der Waals surface area (Å²) < 4.78 is 31.5. The Bertz CT molecular complexity index is 676. The zero-order chi connectivity index (χ0) is 14.0. The van der Waals surface area contributed by atoms with E-state index in [0.717, 1.165) is 11.3 Å². The third-order valence-electron chi connectivity index (χ3n) is 2.22. The smallest absolute Gasteiger partial charge is 0.252 e. The second-order valence-electron chi connectivity index (χ2n) is 3.81. The molecule has 0 fully saturated rings. The molecule has 0 spiro atoms. The van der Waals surface area contributed by atoms with E-state index in [1.807, 2.05) is 0 Å². The number of hydrogen-bond donors (Lipinski definition) is 2. The minimum absolute atomic E-state index is 0.131. The highest BCUT2D eigenvalue weighted by Crippen LogP contribution is 2.24. The highest BCUT2D eigenvalue weighted by atomic mass is 32.2. The molecule has 2 aromatic rings. The molecule has 0 saturated heterocycles. The van der Waals surface area contributed by atoms with Crippen LogP contribution in [0.4, 0.5) is 5.13 Å². The van der Waals surface area contributed by atoms with Gasteiger partial charge in [0.25, 0.3) is 10.0 Å². The van der Waals surface area contributed by atoms with Crippen LogP contribution in [0.1, 0.15) is 17.4 Å². The van der Waals surface area contributed by atoms with Crippen molar-refractivity contribution >= 4 is 26.5 Å². The van der Waals surface area contributed by atoms with Gasteiger partial charge in [-0.3, -0.25) is 0 Å². The summed E-state index contributed by atoms with van der Waals surface area (Å²) in [6.45, 7) is 3.46. The Balaban J connectivity index is 2.00. The van der Waals surface area contributed by atoms with E-state index in [2.05, 4.69) is 19.8 Å². The van der Waals surface area contributed by atoms with Crippen LogP contribution in [0.15, 0.2) is 8.73 Å². The highest BCUT2D eigenvalue weighted by molar-refractivity contribution is 7.91. The van der Waals surface area contributed by atoms with E-state index >= 15 is 0 Å². The van der Waals surface area contributed by atoms with Gasteiger partial charge in [0.1, 0.15) is 0 Å². The summed E-state index contributed by atoms with van der Waals surface area (Å²) in [5.74, 6) is 0.907. The summed E-state index contributed by atoms with van der Waals surface area (Å²) in [4.78, 5) is 7.87. The molecule has 0 amide bonds. The van der Waals surface area contributed by atoms with Crippen LogP contribution in [0.3, 0.4) is 0 Å². The fraction of sp³-hybridized carbons (Fsp3) is 0.444. The SMILES string of the molecule is Cc1noc(CCNS(=O)(=O)c2sc(N)nc2C)n1. The predicted octanol–water partition coefficient (Wildman–Crippen LogP) is 0.246. The Morgan fingerprint density at radius 2 is 2.11 bits per heavy atom. The van der Waals surface area contributed by atoms with Gasteiger partial charge in [-0.1, -0.05) is 16.5 Å². The topological polar surface area (TPSA) is 124 Å². The Labute approximate surface area is 114 Å². The third kappa shape index (κ3) is 3.28. The van der Waals surface area contributed by atoms with Crippen molar-refractivity contribution in [2.45, 2.75) is 24.5 Å². The molecular weight excluding hydrogens is 290 g/mol. The first-order valence-corrected chi connectivity index (χ1v) is 7.70. The second-order valence-corrected chi connectivity index (χ2v) is 6.80. The fourth-order valence-corrected chi connectivity index (χ4v) is 3.83. The predicted molar refractivity (Wildman–Crippen MR) is 69.2 cm³/mol. The van der Waals surface area contributed by atoms with Crippen LogP contribution in [0.5, 0.6) is 0 Å². The van der Waals surface area contributed by atoms with Crippen molar-refractivity contribution in [2.24, 2.45) is 0 Å². The van der Waals surface area contributed by atoms with Crippen LogP contribution in [0.2, 0.25) is 0 Å². The van der Waals surface area contributed by atoms with Crippen LogP contribution in [0.25, 0.3) is 0 Å². The van der Waals surface area contributed by atoms with Gasteiger partial charge in [0.15, 0.2) is 15.2 Å². The fourth-order valence-electron chi connectivity index (χ4n) is 1.45. The highest BCUT2D eigenvalue weighted by Gasteiger charge is 2.20. The van der Waals surface area contributed by atoms with E-state index in [9.17, 15) is 8.42 Å². The molecule has 0 saturated carbocycles. The van der Waals surface area contributed by atoms with Gasteiger partial charge in [-0.2, -0.15) is 4.98 Å². The monoisotopic (exact) mass is 303 g/mol. The lowest BCUT2D eigenvalue weighted by atomic mass is 10.4. The van der Waals surface area contributed by atoms with Gasteiger partial charge in [0.2, 0.25) is 5.89 Å². The molecule has 0 aromatic carbocycles.